The Balaban J connectivity index is 2.75. The van der Waals surface area contributed by atoms with E-state index >= 15 is 0 Å². The second kappa shape index (κ2) is 5.84. The number of carbonyl (C=O) groups is 1. The molecule has 0 bridgehead atoms. The molecule has 5 nitrogen and oxygen atoms in total. The average molecular weight is 345 g/mol. The molecule has 0 aliphatic heterocycles. The van der Waals surface area contributed by atoms with Crippen LogP contribution in [0.4, 0.5) is 27.6 Å². The lowest BCUT2D eigenvalue weighted by Crippen LogP contribution is -2.14. The Bertz CT molecular complexity index is 842. The Morgan fingerprint density at radius 3 is 2.25 bits per heavy atom. The molecule has 24 heavy (non-hydrogen) atoms. The Kier molecular flexibility index (Phi) is 4.20. The van der Waals surface area contributed by atoms with Gasteiger partial charge in [-0.3, -0.25) is 0 Å². The summed E-state index contributed by atoms with van der Waals surface area (Å²) < 4.78 is 70.5. The minimum Gasteiger partial charge on any atom is -0.464 e. The third kappa shape index (κ3) is 2.76. The summed E-state index contributed by atoms with van der Waals surface area (Å²) in [5, 5.41) is 8.93. The van der Waals surface area contributed by atoms with E-state index in [9.17, 15) is 26.7 Å². The van der Waals surface area contributed by atoms with E-state index in [1.165, 1.54) is 0 Å². The Hall–Kier alpha value is -3.09. The van der Waals surface area contributed by atoms with E-state index < -0.39 is 40.7 Å². The van der Waals surface area contributed by atoms with Crippen molar-refractivity contribution in [2.45, 2.75) is 6.18 Å². The van der Waals surface area contributed by atoms with Gasteiger partial charge in [0.2, 0.25) is 0 Å². The molecule has 0 radical (unpaired) electrons. The molecule has 0 saturated carbocycles. The molecule has 2 N–H and O–H groups in total. The molecule has 0 aliphatic rings. The molecule has 2 aromatic rings. The van der Waals surface area contributed by atoms with Crippen molar-refractivity contribution in [1.29, 1.82) is 5.26 Å². The van der Waals surface area contributed by atoms with Crippen molar-refractivity contribution in [2.24, 2.45) is 0 Å². The van der Waals surface area contributed by atoms with Gasteiger partial charge in [-0.05, 0) is 12.1 Å². The monoisotopic (exact) mass is 345 g/mol. The predicted octanol–water partition coefficient (Wildman–Crippen LogP) is 3.01. The standard InChI is InChI=1S/C14H8F5N3O2/c1-24-13(23)12-11(21)6(4-20)5-22(12)7-2-8(15)10(9(16)3-7)14(17,18)19/h2-3,5H,21H2,1H3. The number of nitrogens with zero attached hydrogens (tertiary/aromatic N) is 2. The van der Waals surface area contributed by atoms with E-state index in [0.29, 0.717) is 12.1 Å². The predicted molar refractivity (Wildman–Crippen MR) is 71.2 cm³/mol. The lowest BCUT2D eigenvalue weighted by atomic mass is 10.1. The highest BCUT2D eigenvalue weighted by Gasteiger charge is 2.38. The molecule has 0 fully saturated rings. The van der Waals surface area contributed by atoms with Gasteiger partial charge < -0.3 is 15.0 Å². The lowest BCUT2D eigenvalue weighted by Gasteiger charge is -2.13. The zero-order valence-electron chi connectivity index (χ0n) is 11.9. The summed E-state index contributed by atoms with van der Waals surface area (Å²) in [4.78, 5) is 11.8. The first kappa shape index (κ1) is 17.3. The van der Waals surface area contributed by atoms with Crippen molar-refractivity contribution >= 4 is 11.7 Å². The van der Waals surface area contributed by atoms with Crippen LogP contribution in [-0.4, -0.2) is 17.6 Å². The molecule has 0 aliphatic carbocycles. The number of hydrogen-bond donors (Lipinski definition) is 1. The van der Waals surface area contributed by atoms with Crippen molar-refractivity contribution in [3.63, 3.8) is 0 Å². The maximum absolute atomic E-state index is 13.7. The maximum atomic E-state index is 13.7. The lowest BCUT2D eigenvalue weighted by molar-refractivity contribution is -0.142. The van der Waals surface area contributed by atoms with Crippen molar-refractivity contribution in [3.05, 3.63) is 46.8 Å². The summed E-state index contributed by atoms with van der Waals surface area (Å²) in [5.41, 5.74) is 2.08. The number of nitrogens with two attached hydrogens (primary N) is 1. The SMILES string of the molecule is COC(=O)c1c(N)c(C#N)cn1-c1cc(F)c(C(F)(F)F)c(F)c1. The van der Waals surface area contributed by atoms with E-state index in [1.807, 2.05) is 0 Å². The van der Waals surface area contributed by atoms with Crippen molar-refractivity contribution in [2.75, 3.05) is 12.8 Å². The second-order valence-corrected chi connectivity index (χ2v) is 4.56. The van der Waals surface area contributed by atoms with Crippen molar-refractivity contribution < 1.29 is 31.5 Å². The van der Waals surface area contributed by atoms with Crippen LogP contribution in [0.2, 0.25) is 0 Å². The third-order valence-corrected chi connectivity index (χ3v) is 3.13. The molecule has 1 aromatic heterocycles. The van der Waals surface area contributed by atoms with Crippen LogP contribution in [0.25, 0.3) is 5.69 Å². The largest absolute Gasteiger partial charge is 0.464 e. The van der Waals surface area contributed by atoms with Gasteiger partial charge in [-0.2, -0.15) is 18.4 Å². The molecule has 0 saturated heterocycles. The quantitative estimate of drug-likeness (QED) is 0.670. The van der Waals surface area contributed by atoms with E-state index in [4.69, 9.17) is 11.0 Å². The van der Waals surface area contributed by atoms with Crippen molar-refractivity contribution in [1.82, 2.24) is 4.57 Å². The molecule has 10 heteroatoms. The van der Waals surface area contributed by atoms with Gasteiger partial charge in [-0.25, -0.2) is 13.6 Å². The molecule has 0 unspecified atom stereocenters. The van der Waals surface area contributed by atoms with Gasteiger partial charge in [0.25, 0.3) is 0 Å². The van der Waals surface area contributed by atoms with E-state index in [2.05, 4.69) is 4.74 Å². The first-order valence-electron chi connectivity index (χ1n) is 6.17. The number of nitrogen functional groups attached to an aromatic ring is 1. The highest BCUT2D eigenvalue weighted by molar-refractivity contribution is 5.95. The van der Waals surface area contributed by atoms with E-state index in [-0.39, 0.29) is 11.3 Å². The average Bonchev–Trinajstić information content (AvgIpc) is 2.81. The Morgan fingerprint density at radius 2 is 1.83 bits per heavy atom. The minimum atomic E-state index is -5.23. The normalized spacial score (nSPS) is 11.2. The zero-order chi connectivity index (χ0) is 18.2. The smallest absolute Gasteiger partial charge is 0.422 e. The molecule has 1 aromatic carbocycles. The third-order valence-electron chi connectivity index (χ3n) is 3.13. The summed E-state index contributed by atoms with van der Waals surface area (Å²) in [6, 6.07) is 2.40. The number of esters is 1. The van der Waals surface area contributed by atoms with Gasteiger partial charge in [-0.1, -0.05) is 0 Å². The van der Waals surface area contributed by atoms with Gasteiger partial charge in [0.05, 0.1) is 24.0 Å². The molecular formula is C14H8F5N3O2. The van der Waals surface area contributed by atoms with E-state index in [0.717, 1.165) is 17.9 Å². The molecule has 126 valence electrons. The van der Waals surface area contributed by atoms with Crippen LogP contribution in [-0.2, 0) is 10.9 Å². The summed E-state index contributed by atoms with van der Waals surface area (Å²) in [7, 11) is 0.999. The number of aromatic nitrogens is 1. The minimum absolute atomic E-state index is 0.212. The molecule has 0 spiro atoms. The fourth-order valence-electron chi connectivity index (χ4n) is 2.09. The van der Waals surface area contributed by atoms with Crippen LogP contribution < -0.4 is 5.73 Å². The molecule has 1 heterocycles. The Morgan fingerprint density at radius 1 is 1.29 bits per heavy atom. The van der Waals surface area contributed by atoms with Crippen LogP contribution in [0.1, 0.15) is 21.6 Å². The van der Waals surface area contributed by atoms with Gasteiger partial charge in [0, 0.05) is 6.20 Å². The fourth-order valence-corrected chi connectivity index (χ4v) is 2.09. The molecule has 0 amide bonds. The number of ether oxygens (including phenoxy) is 1. The number of carbonyl (C=O) groups excluding carboxylic acids is 1. The second-order valence-electron chi connectivity index (χ2n) is 4.56. The van der Waals surface area contributed by atoms with Crippen LogP contribution in [0.15, 0.2) is 18.3 Å². The van der Waals surface area contributed by atoms with Gasteiger partial charge >= 0.3 is 12.1 Å². The first-order valence-corrected chi connectivity index (χ1v) is 6.17. The maximum Gasteiger partial charge on any atom is 0.422 e. The number of alkyl halides is 3. The summed E-state index contributed by atoms with van der Waals surface area (Å²) in [6.07, 6.45) is -4.27. The topological polar surface area (TPSA) is 81.0 Å². The van der Waals surface area contributed by atoms with Gasteiger partial charge in [0.1, 0.15) is 23.3 Å². The molecule has 0 atom stereocenters. The fraction of sp³-hybridized carbons (Fsp3) is 0.143. The van der Waals surface area contributed by atoms with Crippen molar-refractivity contribution in [3.8, 4) is 11.8 Å². The summed E-state index contributed by atoms with van der Waals surface area (Å²) >= 11 is 0. The number of benzene rings is 1. The number of hydrogen-bond acceptors (Lipinski definition) is 4. The van der Waals surface area contributed by atoms with E-state index in [1.54, 1.807) is 6.07 Å². The van der Waals surface area contributed by atoms with Crippen LogP contribution >= 0.6 is 0 Å². The highest BCUT2D eigenvalue weighted by atomic mass is 19.4. The number of nitriles is 1. The van der Waals surface area contributed by atoms with Crippen LogP contribution in [0.3, 0.4) is 0 Å². The number of anilines is 1. The zero-order valence-corrected chi connectivity index (χ0v) is 11.9. The molecular weight excluding hydrogens is 337 g/mol. The number of halogens is 5. The molecule has 2 rings (SSSR count). The van der Waals surface area contributed by atoms with Gasteiger partial charge in [-0.15, -0.1) is 0 Å². The van der Waals surface area contributed by atoms with Crippen LogP contribution in [0, 0.1) is 23.0 Å². The van der Waals surface area contributed by atoms with Crippen LogP contribution in [0.5, 0.6) is 0 Å². The summed E-state index contributed by atoms with van der Waals surface area (Å²) in [6.45, 7) is 0. The first-order chi connectivity index (χ1) is 11.1. The van der Waals surface area contributed by atoms with Gasteiger partial charge in [0.15, 0.2) is 5.69 Å². The summed E-state index contributed by atoms with van der Waals surface area (Å²) in [5.74, 6) is -4.78. The number of methoxy groups -OCH3 is 1. The highest BCUT2D eigenvalue weighted by Crippen LogP contribution is 2.35. The Labute approximate surface area is 131 Å². The number of rotatable bonds is 2.